The number of carbonyl (C=O) groups excluding carboxylic acids is 3. The predicted molar refractivity (Wildman–Crippen MR) is 101 cm³/mol. The Morgan fingerprint density at radius 3 is 2.77 bits per heavy atom. The van der Waals surface area contributed by atoms with Crippen molar-refractivity contribution < 1.29 is 19.1 Å². The third kappa shape index (κ3) is 5.15. The molecular formula is C17H20ClN3O4S. The summed E-state index contributed by atoms with van der Waals surface area (Å²) < 4.78 is 5.10. The highest BCUT2D eigenvalue weighted by Gasteiger charge is 2.34. The fraction of sp³-hybridized carbons (Fsp3) is 0.412. The Balaban J connectivity index is 2.09. The standard InChI is InChI=1S/C17H20ClN3O4S/c1-10(2)25-14(22)9-13-16(24)19-7-8-21(13)17(26)20-15(23)11-5-3-4-6-12(11)18/h3-6,10,13H,7-9H2,1-2H3,(H,19,24)(H,20,23,26)/t13-/m1/s1. The van der Waals surface area contributed by atoms with Gasteiger partial charge >= 0.3 is 5.97 Å². The number of hydrogen-bond donors (Lipinski definition) is 2. The Labute approximate surface area is 162 Å². The Hall–Kier alpha value is -2.19. The maximum atomic E-state index is 12.4. The second-order valence-corrected chi connectivity index (χ2v) is 6.78. The lowest BCUT2D eigenvalue weighted by atomic mass is 10.1. The van der Waals surface area contributed by atoms with Crippen LogP contribution in [-0.2, 0) is 14.3 Å². The van der Waals surface area contributed by atoms with Gasteiger partial charge in [0.2, 0.25) is 5.91 Å². The van der Waals surface area contributed by atoms with Crippen molar-refractivity contribution in [2.24, 2.45) is 0 Å². The molecule has 2 N–H and O–H groups in total. The highest BCUT2D eigenvalue weighted by Crippen LogP contribution is 2.16. The molecule has 1 aromatic rings. The minimum absolute atomic E-state index is 0.0621. The zero-order valence-corrected chi connectivity index (χ0v) is 16.0. The van der Waals surface area contributed by atoms with E-state index in [0.29, 0.717) is 18.1 Å². The number of nitrogens with one attached hydrogen (secondary N) is 2. The maximum absolute atomic E-state index is 12.4. The van der Waals surface area contributed by atoms with Crippen molar-refractivity contribution in [1.29, 1.82) is 0 Å². The minimum Gasteiger partial charge on any atom is -0.463 e. The molecule has 1 aliphatic heterocycles. The lowest BCUT2D eigenvalue weighted by molar-refractivity contribution is -0.150. The van der Waals surface area contributed by atoms with Gasteiger partial charge < -0.3 is 15.0 Å². The van der Waals surface area contributed by atoms with Gasteiger partial charge in [0.1, 0.15) is 6.04 Å². The third-order valence-electron chi connectivity index (χ3n) is 3.66. The SMILES string of the molecule is CC(C)OC(=O)C[C@@H]1C(=O)NCCN1C(=S)NC(=O)c1ccccc1Cl. The molecule has 0 aromatic heterocycles. The number of thiocarbonyl (C=S) groups is 1. The molecule has 0 unspecified atom stereocenters. The molecule has 1 saturated heterocycles. The van der Waals surface area contributed by atoms with Gasteiger partial charge in [0.25, 0.3) is 5.91 Å². The molecule has 0 bridgehead atoms. The van der Waals surface area contributed by atoms with E-state index in [4.69, 9.17) is 28.6 Å². The van der Waals surface area contributed by atoms with E-state index in [1.807, 2.05) is 0 Å². The number of esters is 1. The fourth-order valence-corrected chi connectivity index (χ4v) is 3.04. The van der Waals surface area contributed by atoms with E-state index in [0.717, 1.165) is 0 Å². The van der Waals surface area contributed by atoms with E-state index in [1.54, 1.807) is 38.1 Å². The van der Waals surface area contributed by atoms with E-state index >= 15 is 0 Å². The number of piperazine rings is 1. The Bertz CT molecular complexity index is 726. The monoisotopic (exact) mass is 397 g/mol. The predicted octanol–water partition coefficient (Wildman–Crippen LogP) is 1.50. The summed E-state index contributed by atoms with van der Waals surface area (Å²) in [4.78, 5) is 38.0. The smallest absolute Gasteiger partial charge is 0.308 e. The first-order valence-corrected chi connectivity index (χ1v) is 8.92. The molecular weight excluding hydrogens is 378 g/mol. The van der Waals surface area contributed by atoms with E-state index in [-0.39, 0.29) is 29.1 Å². The summed E-state index contributed by atoms with van der Waals surface area (Å²) in [5.74, 6) is -1.33. The second-order valence-electron chi connectivity index (χ2n) is 5.98. The van der Waals surface area contributed by atoms with Gasteiger partial charge in [-0.05, 0) is 38.2 Å². The molecule has 140 valence electrons. The molecule has 26 heavy (non-hydrogen) atoms. The Morgan fingerprint density at radius 1 is 1.42 bits per heavy atom. The number of benzene rings is 1. The van der Waals surface area contributed by atoms with Crippen LogP contribution in [0, 0.1) is 0 Å². The van der Waals surface area contributed by atoms with Crippen molar-refractivity contribution in [2.75, 3.05) is 13.1 Å². The highest BCUT2D eigenvalue weighted by molar-refractivity contribution is 7.80. The van der Waals surface area contributed by atoms with Crippen LogP contribution in [0.4, 0.5) is 0 Å². The zero-order chi connectivity index (χ0) is 19.3. The van der Waals surface area contributed by atoms with Crippen molar-refractivity contribution in [3.05, 3.63) is 34.9 Å². The van der Waals surface area contributed by atoms with Crippen molar-refractivity contribution in [3.63, 3.8) is 0 Å². The number of hydrogen-bond acceptors (Lipinski definition) is 5. The van der Waals surface area contributed by atoms with Gasteiger partial charge in [-0.2, -0.15) is 0 Å². The summed E-state index contributed by atoms with van der Waals surface area (Å²) >= 11 is 11.3. The van der Waals surface area contributed by atoms with Gasteiger partial charge in [-0.3, -0.25) is 19.7 Å². The summed E-state index contributed by atoms with van der Waals surface area (Å²) in [7, 11) is 0. The quantitative estimate of drug-likeness (QED) is 0.591. The van der Waals surface area contributed by atoms with Gasteiger partial charge in [-0.15, -0.1) is 0 Å². The van der Waals surface area contributed by atoms with E-state index < -0.39 is 17.9 Å². The van der Waals surface area contributed by atoms with Crippen LogP contribution in [-0.4, -0.2) is 53.0 Å². The highest BCUT2D eigenvalue weighted by atomic mass is 35.5. The van der Waals surface area contributed by atoms with E-state index in [1.165, 1.54) is 4.90 Å². The number of carbonyl (C=O) groups is 3. The van der Waals surface area contributed by atoms with Crippen LogP contribution in [0.2, 0.25) is 5.02 Å². The minimum atomic E-state index is -0.839. The molecule has 9 heteroatoms. The molecule has 1 atom stereocenters. The summed E-state index contributed by atoms with van der Waals surface area (Å²) in [5.41, 5.74) is 0.272. The van der Waals surface area contributed by atoms with Crippen LogP contribution >= 0.6 is 23.8 Å². The van der Waals surface area contributed by atoms with Crippen molar-refractivity contribution in [1.82, 2.24) is 15.5 Å². The van der Waals surface area contributed by atoms with E-state index in [9.17, 15) is 14.4 Å². The summed E-state index contributed by atoms with van der Waals surface area (Å²) in [6.45, 7) is 4.18. The number of halogens is 1. The first-order chi connectivity index (χ1) is 12.3. The molecule has 0 aliphatic carbocycles. The summed E-state index contributed by atoms with van der Waals surface area (Å²) in [5, 5.41) is 5.62. The maximum Gasteiger partial charge on any atom is 0.308 e. The molecule has 1 fully saturated rings. The topological polar surface area (TPSA) is 87.7 Å². The summed E-state index contributed by atoms with van der Waals surface area (Å²) in [6.07, 6.45) is -0.443. The Kier molecular flexibility index (Phi) is 6.93. The van der Waals surface area contributed by atoms with Gasteiger partial charge in [-0.1, -0.05) is 23.7 Å². The van der Waals surface area contributed by atoms with Crippen molar-refractivity contribution in [2.45, 2.75) is 32.4 Å². The van der Waals surface area contributed by atoms with Gasteiger partial charge in [0, 0.05) is 13.1 Å². The van der Waals surface area contributed by atoms with Gasteiger partial charge in [-0.25, -0.2) is 0 Å². The summed E-state index contributed by atoms with van der Waals surface area (Å²) in [6, 6.07) is 5.72. The van der Waals surface area contributed by atoms with Crippen LogP contribution < -0.4 is 10.6 Å². The molecule has 0 spiro atoms. The van der Waals surface area contributed by atoms with Crippen molar-refractivity contribution in [3.8, 4) is 0 Å². The largest absolute Gasteiger partial charge is 0.463 e. The van der Waals surface area contributed by atoms with Crippen LogP contribution in [0.1, 0.15) is 30.6 Å². The van der Waals surface area contributed by atoms with Crippen LogP contribution in [0.5, 0.6) is 0 Å². The number of ether oxygens (including phenoxy) is 1. The van der Waals surface area contributed by atoms with Crippen LogP contribution in [0.25, 0.3) is 0 Å². The second kappa shape index (κ2) is 8.95. The molecule has 0 radical (unpaired) electrons. The van der Waals surface area contributed by atoms with E-state index in [2.05, 4.69) is 10.6 Å². The van der Waals surface area contributed by atoms with Crippen LogP contribution in [0.3, 0.4) is 0 Å². The molecule has 7 nitrogen and oxygen atoms in total. The molecule has 1 heterocycles. The number of nitrogens with zero attached hydrogens (tertiary/aromatic N) is 1. The van der Waals surface area contributed by atoms with Crippen molar-refractivity contribution >= 4 is 46.7 Å². The zero-order valence-electron chi connectivity index (χ0n) is 14.5. The lowest BCUT2D eigenvalue weighted by Gasteiger charge is -2.36. The first kappa shape index (κ1) is 20.1. The molecule has 1 aliphatic rings. The van der Waals surface area contributed by atoms with Gasteiger partial charge in [0.15, 0.2) is 5.11 Å². The average Bonchev–Trinajstić information content (AvgIpc) is 2.56. The Morgan fingerprint density at radius 2 is 2.12 bits per heavy atom. The molecule has 2 rings (SSSR count). The molecule has 1 aromatic carbocycles. The average molecular weight is 398 g/mol. The first-order valence-electron chi connectivity index (χ1n) is 8.13. The number of rotatable bonds is 4. The third-order valence-corrected chi connectivity index (χ3v) is 4.32. The fourth-order valence-electron chi connectivity index (χ4n) is 2.51. The molecule has 2 amide bonds. The molecule has 0 saturated carbocycles. The number of amides is 2. The lowest BCUT2D eigenvalue weighted by Crippen LogP contribution is -2.60. The van der Waals surface area contributed by atoms with Crippen LogP contribution in [0.15, 0.2) is 24.3 Å². The normalized spacial score (nSPS) is 16.8. The van der Waals surface area contributed by atoms with Gasteiger partial charge in [0.05, 0.1) is 23.1 Å².